The Labute approximate surface area is 117 Å². The van der Waals surface area contributed by atoms with Crippen molar-refractivity contribution in [2.75, 3.05) is 20.8 Å². The highest BCUT2D eigenvalue weighted by molar-refractivity contribution is 9.10. The summed E-state index contributed by atoms with van der Waals surface area (Å²) in [7, 11) is 3.45. The monoisotopic (exact) mass is 313 g/mol. The van der Waals surface area contributed by atoms with Crippen LogP contribution in [0.5, 0.6) is 0 Å². The zero-order chi connectivity index (χ0) is 13.4. The lowest BCUT2D eigenvalue weighted by molar-refractivity contribution is 0.179. The fourth-order valence-corrected chi connectivity index (χ4v) is 1.77. The van der Waals surface area contributed by atoms with Crippen LogP contribution in [0.2, 0.25) is 0 Å². The second-order valence-electron chi connectivity index (χ2n) is 4.05. The minimum absolute atomic E-state index is 0.228. The molecule has 0 saturated carbocycles. The molecule has 0 fully saturated rings. The standard InChI is InChI=1S/C13H20BrN3O/c1-10(9-18-3)17-13(15-2)16-8-11-4-6-12(14)7-5-11/h4-7,10H,8-9H2,1-3H3,(H2,15,16,17). The van der Waals surface area contributed by atoms with Gasteiger partial charge in [0.15, 0.2) is 5.96 Å². The summed E-state index contributed by atoms with van der Waals surface area (Å²) in [4.78, 5) is 4.17. The highest BCUT2D eigenvalue weighted by Crippen LogP contribution is 2.10. The number of guanidine groups is 1. The molecule has 5 heteroatoms. The zero-order valence-electron chi connectivity index (χ0n) is 11.0. The van der Waals surface area contributed by atoms with Crippen LogP contribution in [0, 0.1) is 0 Å². The molecular weight excluding hydrogens is 294 g/mol. The van der Waals surface area contributed by atoms with Gasteiger partial charge in [0.1, 0.15) is 0 Å². The topological polar surface area (TPSA) is 45.7 Å². The van der Waals surface area contributed by atoms with Gasteiger partial charge in [-0.25, -0.2) is 0 Å². The van der Waals surface area contributed by atoms with Gasteiger partial charge in [0.05, 0.1) is 6.61 Å². The molecule has 0 aliphatic rings. The molecule has 4 nitrogen and oxygen atoms in total. The van der Waals surface area contributed by atoms with E-state index in [4.69, 9.17) is 4.74 Å². The molecule has 1 rings (SSSR count). The van der Waals surface area contributed by atoms with Crippen molar-refractivity contribution >= 4 is 21.9 Å². The molecule has 0 aliphatic heterocycles. The molecule has 1 unspecified atom stereocenters. The second kappa shape index (κ2) is 8.11. The molecule has 0 bridgehead atoms. The van der Waals surface area contributed by atoms with E-state index in [0.29, 0.717) is 6.61 Å². The second-order valence-corrected chi connectivity index (χ2v) is 4.97. The van der Waals surface area contributed by atoms with Crippen LogP contribution in [0.15, 0.2) is 33.7 Å². The summed E-state index contributed by atoms with van der Waals surface area (Å²) in [6, 6.07) is 8.43. The third-order valence-electron chi connectivity index (χ3n) is 2.40. The number of ether oxygens (including phenoxy) is 1. The van der Waals surface area contributed by atoms with E-state index in [9.17, 15) is 0 Å². The summed E-state index contributed by atoms with van der Waals surface area (Å²) in [5, 5.41) is 6.52. The number of methoxy groups -OCH3 is 1. The fraction of sp³-hybridized carbons (Fsp3) is 0.462. The summed E-state index contributed by atoms with van der Waals surface area (Å²) in [6.45, 7) is 3.45. The predicted octanol–water partition coefficient (Wildman–Crippen LogP) is 2.15. The number of aliphatic imine (C=N–C) groups is 1. The Morgan fingerprint density at radius 3 is 2.61 bits per heavy atom. The minimum atomic E-state index is 0.228. The first-order valence-corrected chi connectivity index (χ1v) is 6.65. The van der Waals surface area contributed by atoms with Gasteiger partial charge in [0.2, 0.25) is 0 Å². The minimum Gasteiger partial charge on any atom is -0.383 e. The molecule has 100 valence electrons. The smallest absolute Gasteiger partial charge is 0.191 e. The Bertz CT molecular complexity index is 378. The summed E-state index contributed by atoms with van der Waals surface area (Å²) in [5.74, 6) is 0.780. The molecule has 1 atom stereocenters. The quantitative estimate of drug-likeness (QED) is 0.647. The molecule has 0 spiro atoms. The molecule has 2 N–H and O–H groups in total. The Balaban J connectivity index is 2.42. The maximum atomic E-state index is 5.07. The summed E-state index contributed by atoms with van der Waals surface area (Å²) in [5.41, 5.74) is 1.21. The van der Waals surface area contributed by atoms with Crippen LogP contribution >= 0.6 is 15.9 Å². The normalized spacial score (nSPS) is 13.2. The lowest BCUT2D eigenvalue weighted by Crippen LogP contribution is -2.43. The van der Waals surface area contributed by atoms with Gasteiger partial charge in [-0.1, -0.05) is 28.1 Å². The molecule has 0 aromatic heterocycles. The molecule has 0 aliphatic carbocycles. The number of nitrogens with zero attached hydrogens (tertiary/aromatic N) is 1. The molecule has 0 radical (unpaired) electrons. The largest absolute Gasteiger partial charge is 0.383 e. The number of hydrogen-bond donors (Lipinski definition) is 2. The number of nitrogens with one attached hydrogen (secondary N) is 2. The van der Waals surface area contributed by atoms with Crippen molar-refractivity contribution in [1.82, 2.24) is 10.6 Å². The van der Waals surface area contributed by atoms with Gasteiger partial charge in [-0.3, -0.25) is 4.99 Å². The van der Waals surface area contributed by atoms with Crippen LogP contribution < -0.4 is 10.6 Å². The van der Waals surface area contributed by atoms with Crippen LogP contribution in [0.25, 0.3) is 0 Å². The van der Waals surface area contributed by atoms with Gasteiger partial charge in [-0.05, 0) is 24.6 Å². The Morgan fingerprint density at radius 1 is 1.39 bits per heavy atom. The van der Waals surface area contributed by atoms with E-state index < -0.39 is 0 Å². The average molecular weight is 314 g/mol. The van der Waals surface area contributed by atoms with Gasteiger partial charge >= 0.3 is 0 Å². The molecule has 1 aromatic rings. The van der Waals surface area contributed by atoms with Crippen molar-refractivity contribution in [3.63, 3.8) is 0 Å². The first-order chi connectivity index (χ1) is 8.65. The van der Waals surface area contributed by atoms with Crippen LogP contribution in [-0.2, 0) is 11.3 Å². The number of rotatable bonds is 5. The highest BCUT2D eigenvalue weighted by atomic mass is 79.9. The maximum Gasteiger partial charge on any atom is 0.191 e. The van der Waals surface area contributed by atoms with Gasteiger partial charge < -0.3 is 15.4 Å². The van der Waals surface area contributed by atoms with E-state index in [1.54, 1.807) is 14.2 Å². The van der Waals surface area contributed by atoms with Gasteiger partial charge in [-0.15, -0.1) is 0 Å². The molecule has 18 heavy (non-hydrogen) atoms. The lowest BCUT2D eigenvalue weighted by Gasteiger charge is -2.17. The van der Waals surface area contributed by atoms with Crippen molar-refractivity contribution in [1.29, 1.82) is 0 Å². The molecule has 0 amide bonds. The van der Waals surface area contributed by atoms with E-state index in [1.807, 2.05) is 12.1 Å². The summed E-state index contributed by atoms with van der Waals surface area (Å²) >= 11 is 3.42. The maximum absolute atomic E-state index is 5.07. The number of benzene rings is 1. The average Bonchev–Trinajstić information content (AvgIpc) is 2.36. The first kappa shape index (κ1) is 15.0. The zero-order valence-corrected chi connectivity index (χ0v) is 12.6. The highest BCUT2D eigenvalue weighted by Gasteiger charge is 2.04. The van der Waals surface area contributed by atoms with Crippen molar-refractivity contribution in [3.8, 4) is 0 Å². The Morgan fingerprint density at radius 2 is 2.06 bits per heavy atom. The van der Waals surface area contributed by atoms with Gasteiger partial charge in [-0.2, -0.15) is 0 Å². The van der Waals surface area contributed by atoms with E-state index >= 15 is 0 Å². The number of hydrogen-bond acceptors (Lipinski definition) is 2. The molecule has 1 aromatic carbocycles. The van der Waals surface area contributed by atoms with E-state index in [-0.39, 0.29) is 6.04 Å². The predicted molar refractivity (Wildman–Crippen MR) is 78.8 cm³/mol. The van der Waals surface area contributed by atoms with E-state index in [1.165, 1.54) is 5.56 Å². The van der Waals surface area contributed by atoms with E-state index in [2.05, 4.69) is 50.6 Å². The van der Waals surface area contributed by atoms with Crippen LogP contribution in [0.4, 0.5) is 0 Å². The van der Waals surface area contributed by atoms with Crippen molar-refractivity contribution in [3.05, 3.63) is 34.3 Å². The molecule has 0 heterocycles. The van der Waals surface area contributed by atoms with Crippen molar-refractivity contribution < 1.29 is 4.74 Å². The lowest BCUT2D eigenvalue weighted by atomic mass is 10.2. The Hall–Kier alpha value is -1.07. The number of halogens is 1. The fourth-order valence-electron chi connectivity index (χ4n) is 1.51. The van der Waals surface area contributed by atoms with E-state index in [0.717, 1.165) is 17.0 Å². The Kier molecular flexibility index (Phi) is 6.75. The third-order valence-corrected chi connectivity index (χ3v) is 2.93. The van der Waals surface area contributed by atoms with Crippen molar-refractivity contribution in [2.24, 2.45) is 4.99 Å². The van der Waals surface area contributed by atoms with Crippen LogP contribution in [0.3, 0.4) is 0 Å². The van der Waals surface area contributed by atoms with Gasteiger partial charge in [0, 0.05) is 31.2 Å². The molecule has 0 saturated heterocycles. The van der Waals surface area contributed by atoms with Crippen LogP contribution in [-0.4, -0.2) is 32.8 Å². The molecular formula is C13H20BrN3O. The first-order valence-electron chi connectivity index (χ1n) is 5.86. The third kappa shape index (κ3) is 5.51. The SMILES string of the molecule is CN=C(NCc1ccc(Br)cc1)NC(C)COC. The summed E-state index contributed by atoms with van der Waals surface area (Å²) < 4.78 is 6.16. The van der Waals surface area contributed by atoms with Crippen molar-refractivity contribution in [2.45, 2.75) is 19.5 Å². The van der Waals surface area contributed by atoms with Gasteiger partial charge in [0.25, 0.3) is 0 Å². The summed E-state index contributed by atoms with van der Waals surface area (Å²) in [6.07, 6.45) is 0. The van der Waals surface area contributed by atoms with Crippen LogP contribution in [0.1, 0.15) is 12.5 Å².